The number of para-hydroxylation sites is 1. The molecule has 15 heavy (non-hydrogen) atoms. The van der Waals surface area contributed by atoms with Gasteiger partial charge in [0.05, 0.1) is 6.61 Å². The molecule has 0 bridgehead atoms. The van der Waals surface area contributed by atoms with E-state index in [0.29, 0.717) is 11.8 Å². The topological polar surface area (TPSA) is 9.23 Å². The van der Waals surface area contributed by atoms with Crippen LogP contribution in [0.25, 0.3) is 0 Å². The zero-order valence-corrected chi connectivity index (χ0v) is 10.3. The predicted octanol–water partition coefficient (Wildman–Crippen LogP) is 3.89. The highest BCUT2D eigenvalue weighted by atomic mass is 35.5. The van der Waals surface area contributed by atoms with Crippen LogP contribution in [0.4, 0.5) is 0 Å². The van der Waals surface area contributed by atoms with Crippen molar-refractivity contribution >= 4 is 11.6 Å². The summed E-state index contributed by atoms with van der Waals surface area (Å²) in [5.41, 5.74) is 1.26. The zero-order chi connectivity index (χ0) is 11.1. The zero-order valence-electron chi connectivity index (χ0n) is 9.50. The number of hydrogen-bond donors (Lipinski definition) is 0. The van der Waals surface area contributed by atoms with Gasteiger partial charge in [-0.2, -0.15) is 0 Å². The maximum Gasteiger partial charge on any atom is 0.122 e. The molecule has 0 saturated carbocycles. The summed E-state index contributed by atoms with van der Waals surface area (Å²) >= 11 is 5.82. The molecule has 0 N–H and O–H groups in total. The molecule has 0 aliphatic carbocycles. The molecule has 0 aliphatic rings. The number of alkyl halides is 1. The molecule has 0 amide bonds. The Labute approximate surface area is 97.4 Å². The number of rotatable bonds is 6. The van der Waals surface area contributed by atoms with Gasteiger partial charge in [-0.3, -0.25) is 0 Å². The Morgan fingerprint density at radius 3 is 2.73 bits per heavy atom. The molecule has 1 aromatic rings. The van der Waals surface area contributed by atoms with Crippen molar-refractivity contribution in [3.63, 3.8) is 0 Å². The van der Waals surface area contributed by atoms with Crippen molar-refractivity contribution in [1.29, 1.82) is 0 Å². The molecule has 0 heterocycles. The van der Waals surface area contributed by atoms with Gasteiger partial charge in [0.2, 0.25) is 0 Å². The molecule has 1 rings (SSSR count). The van der Waals surface area contributed by atoms with Gasteiger partial charge in [-0.05, 0) is 30.4 Å². The number of hydrogen-bond acceptors (Lipinski definition) is 1. The summed E-state index contributed by atoms with van der Waals surface area (Å²) in [6.07, 6.45) is 2.03. The van der Waals surface area contributed by atoms with Crippen LogP contribution >= 0.6 is 11.6 Å². The van der Waals surface area contributed by atoms with Gasteiger partial charge in [0.15, 0.2) is 0 Å². The Hall–Kier alpha value is -0.690. The number of halogens is 1. The summed E-state index contributed by atoms with van der Waals surface area (Å²) < 4.78 is 5.69. The first kappa shape index (κ1) is 12.4. The Morgan fingerprint density at radius 2 is 2.07 bits per heavy atom. The van der Waals surface area contributed by atoms with Crippen LogP contribution in [-0.2, 0) is 6.42 Å². The van der Waals surface area contributed by atoms with Crippen LogP contribution in [0.2, 0.25) is 0 Å². The molecule has 2 heteroatoms. The van der Waals surface area contributed by atoms with E-state index in [-0.39, 0.29) is 0 Å². The van der Waals surface area contributed by atoms with Crippen molar-refractivity contribution in [2.45, 2.75) is 26.7 Å². The summed E-state index contributed by atoms with van der Waals surface area (Å²) in [4.78, 5) is 0. The fraction of sp³-hybridized carbons (Fsp3) is 0.538. The van der Waals surface area contributed by atoms with E-state index in [1.807, 2.05) is 12.1 Å². The normalized spacial score (nSPS) is 12.5. The summed E-state index contributed by atoms with van der Waals surface area (Å²) in [7, 11) is 0. The highest BCUT2D eigenvalue weighted by Crippen LogP contribution is 2.21. The van der Waals surface area contributed by atoms with Crippen LogP contribution in [0.3, 0.4) is 0 Å². The van der Waals surface area contributed by atoms with E-state index in [4.69, 9.17) is 16.3 Å². The first-order valence-corrected chi connectivity index (χ1v) is 6.08. The standard InChI is InChI=1S/C13H19ClO/c1-3-8-15-13-7-5-4-6-12(13)9-11(2)10-14/h4-7,11H,3,8-10H2,1-2H3. The van der Waals surface area contributed by atoms with Gasteiger partial charge in [0.25, 0.3) is 0 Å². The predicted molar refractivity (Wildman–Crippen MR) is 65.8 cm³/mol. The summed E-state index contributed by atoms with van der Waals surface area (Å²) in [6.45, 7) is 5.06. The number of ether oxygens (including phenoxy) is 1. The Bertz CT molecular complexity index is 286. The minimum absolute atomic E-state index is 0.498. The van der Waals surface area contributed by atoms with Gasteiger partial charge in [0, 0.05) is 5.88 Å². The van der Waals surface area contributed by atoms with E-state index >= 15 is 0 Å². The molecule has 0 radical (unpaired) electrons. The van der Waals surface area contributed by atoms with Crippen molar-refractivity contribution in [2.75, 3.05) is 12.5 Å². The summed E-state index contributed by atoms with van der Waals surface area (Å²) in [6, 6.07) is 8.22. The monoisotopic (exact) mass is 226 g/mol. The lowest BCUT2D eigenvalue weighted by Gasteiger charge is -2.13. The minimum Gasteiger partial charge on any atom is -0.493 e. The smallest absolute Gasteiger partial charge is 0.122 e. The third-order valence-electron chi connectivity index (χ3n) is 2.27. The van der Waals surface area contributed by atoms with Crippen LogP contribution in [0, 0.1) is 5.92 Å². The number of benzene rings is 1. The molecule has 1 unspecified atom stereocenters. The summed E-state index contributed by atoms with van der Waals surface area (Å²) in [5.74, 6) is 2.21. The second-order valence-electron chi connectivity index (χ2n) is 3.92. The van der Waals surface area contributed by atoms with Gasteiger partial charge in [-0.15, -0.1) is 11.6 Å². The van der Waals surface area contributed by atoms with Crippen molar-refractivity contribution in [2.24, 2.45) is 5.92 Å². The highest BCUT2D eigenvalue weighted by molar-refractivity contribution is 6.18. The van der Waals surface area contributed by atoms with Crippen LogP contribution in [0.1, 0.15) is 25.8 Å². The lowest BCUT2D eigenvalue weighted by molar-refractivity contribution is 0.313. The maximum atomic E-state index is 5.82. The van der Waals surface area contributed by atoms with Gasteiger partial charge < -0.3 is 4.74 Å². The molecular weight excluding hydrogens is 208 g/mol. The van der Waals surface area contributed by atoms with Crippen molar-refractivity contribution < 1.29 is 4.74 Å². The lowest BCUT2D eigenvalue weighted by Crippen LogP contribution is -2.04. The Balaban J connectivity index is 2.67. The fourth-order valence-electron chi connectivity index (χ4n) is 1.46. The third-order valence-corrected chi connectivity index (χ3v) is 2.79. The second kappa shape index (κ2) is 6.73. The molecule has 84 valence electrons. The average molecular weight is 227 g/mol. The summed E-state index contributed by atoms with van der Waals surface area (Å²) in [5, 5.41) is 0. The van der Waals surface area contributed by atoms with Crippen LogP contribution < -0.4 is 4.74 Å². The Kier molecular flexibility index (Phi) is 5.56. The molecule has 0 fully saturated rings. The maximum absolute atomic E-state index is 5.82. The van der Waals surface area contributed by atoms with Crippen LogP contribution in [0.5, 0.6) is 5.75 Å². The van der Waals surface area contributed by atoms with Crippen molar-refractivity contribution in [3.05, 3.63) is 29.8 Å². The van der Waals surface area contributed by atoms with Gasteiger partial charge in [-0.1, -0.05) is 32.0 Å². The first-order valence-electron chi connectivity index (χ1n) is 5.54. The quantitative estimate of drug-likeness (QED) is 0.669. The van der Waals surface area contributed by atoms with Gasteiger partial charge in [-0.25, -0.2) is 0 Å². The molecule has 1 atom stereocenters. The average Bonchev–Trinajstić information content (AvgIpc) is 2.28. The second-order valence-corrected chi connectivity index (χ2v) is 4.23. The van der Waals surface area contributed by atoms with E-state index in [1.165, 1.54) is 5.56 Å². The van der Waals surface area contributed by atoms with E-state index in [0.717, 1.165) is 25.2 Å². The molecule has 0 aromatic heterocycles. The molecular formula is C13H19ClO. The SMILES string of the molecule is CCCOc1ccccc1CC(C)CCl. The fourth-order valence-corrected chi connectivity index (χ4v) is 1.56. The third kappa shape index (κ3) is 4.13. The first-order chi connectivity index (χ1) is 7.27. The largest absolute Gasteiger partial charge is 0.493 e. The van der Waals surface area contributed by atoms with E-state index in [1.54, 1.807) is 0 Å². The van der Waals surface area contributed by atoms with Crippen molar-refractivity contribution in [3.8, 4) is 5.75 Å². The molecule has 1 aromatic carbocycles. The van der Waals surface area contributed by atoms with E-state index < -0.39 is 0 Å². The molecule has 0 spiro atoms. The highest BCUT2D eigenvalue weighted by Gasteiger charge is 2.07. The van der Waals surface area contributed by atoms with Crippen molar-refractivity contribution in [1.82, 2.24) is 0 Å². The van der Waals surface area contributed by atoms with E-state index in [9.17, 15) is 0 Å². The lowest BCUT2D eigenvalue weighted by atomic mass is 10.0. The van der Waals surface area contributed by atoms with Crippen LogP contribution in [0.15, 0.2) is 24.3 Å². The molecule has 1 nitrogen and oxygen atoms in total. The van der Waals surface area contributed by atoms with E-state index in [2.05, 4.69) is 26.0 Å². The van der Waals surface area contributed by atoms with Crippen LogP contribution in [-0.4, -0.2) is 12.5 Å². The van der Waals surface area contributed by atoms with Gasteiger partial charge >= 0.3 is 0 Å². The van der Waals surface area contributed by atoms with Gasteiger partial charge in [0.1, 0.15) is 5.75 Å². The minimum atomic E-state index is 0.498. The molecule has 0 aliphatic heterocycles. The molecule has 0 saturated heterocycles. The Morgan fingerprint density at radius 1 is 1.33 bits per heavy atom.